The van der Waals surface area contributed by atoms with Crippen LogP contribution in [0.25, 0.3) is 0 Å². The minimum atomic E-state index is -0.509. The smallest absolute Gasteiger partial charge is 0.268 e. The van der Waals surface area contributed by atoms with E-state index in [1.165, 1.54) is 0 Å². The van der Waals surface area contributed by atoms with Gasteiger partial charge in [0.25, 0.3) is 11.8 Å². The average molecular weight is 293 g/mol. The van der Waals surface area contributed by atoms with Crippen LogP contribution in [0.2, 0.25) is 0 Å². The van der Waals surface area contributed by atoms with E-state index in [1.54, 1.807) is 24.3 Å². The van der Waals surface area contributed by atoms with Gasteiger partial charge in [0.1, 0.15) is 0 Å². The summed E-state index contributed by atoms with van der Waals surface area (Å²) >= 11 is 0. The maximum absolute atomic E-state index is 12.2. The molecule has 0 N–H and O–H groups in total. The molecule has 22 heavy (non-hydrogen) atoms. The van der Waals surface area contributed by atoms with E-state index in [-0.39, 0.29) is 6.42 Å². The summed E-state index contributed by atoms with van der Waals surface area (Å²) in [6, 6.07) is 16.3. The number of hydrogen-bond acceptors (Lipinski definition) is 3. The van der Waals surface area contributed by atoms with Gasteiger partial charge in [-0.25, -0.2) is 4.90 Å². The highest BCUT2D eigenvalue weighted by Gasteiger charge is 2.38. The van der Waals surface area contributed by atoms with Crippen molar-refractivity contribution < 1.29 is 14.4 Å². The molecule has 1 heterocycles. The number of nitrogens with zero attached hydrogens (tertiary/aromatic N) is 1. The van der Waals surface area contributed by atoms with Gasteiger partial charge >= 0.3 is 0 Å². The Kier molecular flexibility index (Phi) is 3.83. The lowest BCUT2D eigenvalue weighted by atomic mass is 10.1. The zero-order valence-electron chi connectivity index (χ0n) is 12.0. The molecule has 2 aromatic carbocycles. The van der Waals surface area contributed by atoms with Crippen molar-refractivity contribution in [1.29, 1.82) is 0 Å². The second kappa shape index (κ2) is 5.93. The van der Waals surface area contributed by atoms with Crippen LogP contribution in [0.4, 0.5) is 0 Å². The molecule has 0 bridgehead atoms. The van der Waals surface area contributed by atoms with Crippen molar-refractivity contribution in [3.05, 3.63) is 71.3 Å². The number of hydrogen-bond donors (Lipinski definition) is 0. The fourth-order valence-electron chi connectivity index (χ4n) is 2.62. The maximum Gasteiger partial charge on any atom is 0.268 e. The summed E-state index contributed by atoms with van der Waals surface area (Å²) in [6.07, 6.45) is 1.53. The van der Waals surface area contributed by atoms with Crippen LogP contribution in [0.5, 0.6) is 0 Å². The fraction of sp³-hybridized carbons (Fsp3) is 0.167. The Morgan fingerprint density at radius 1 is 0.818 bits per heavy atom. The maximum atomic E-state index is 12.2. The number of imide groups is 3. The standard InChI is InChI=1S/C18H15NO3/c20-16(12-6-9-13-7-2-1-3-8-13)19-17(21)14-10-4-5-11-15(14)18(19)22/h1-5,7-8,10-11H,6,9,12H2. The Morgan fingerprint density at radius 3 is 1.95 bits per heavy atom. The first kappa shape index (κ1) is 14.2. The summed E-state index contributed by atoms with van der Waals surface area (Å²) < 4.78 is 0. The Bertz CT molecular complexity index is 702. The first-order valence-electron chi connectivity index (χ1n) is 7.23. The molecule has 0 radical (unpaired) electrons. The monoisotopic (exact) mass is 293 g/mol. The summed E-state index contributed by atoms with van der Waals surface area (Å²) in [5.41, 5.74) is 1.76. The molecule has 0 saturated carbocycles. The number of carbonyl (C=O) groups excluding carboxylic acids is 3. The lowest BCUT2D eigenvalue weighted by Gasteiger charge is -2.11. The van der Waals surface area contributed by atoms with Gasteiger partial charge in [0, 0.05) is 6.42 Å². The summed E-state index contributed by atoms with van der Waals surface area (Å²) in [6.45, 7) is 0. The van der Waals surface area contributed by atoms with Crippen LogP contribution >= 0.6 is 0 Å². The van der Waals surface area contributed by atoms with Gasteiger partial charge in [0.2, 0.25) is 5.91 Å². The Balaban J connectivity index is 1.64. The van der Waals surface area contributed by atoms with E-state index in [9.17, 15) is 14.4 Å². The Hall–Kier alpha value is -2.75. The molecular weight excluding hydrogens is 278 g/mol. The minimum absolute atomic E-state index is 0.181. The Morgan fingerprint density at radius 2 is 1.36 bits per heavy atom. The van der Waals surface area contributed by atoms with Gasteiger partial charge in [0.15, 0.2) is 0 Å². The van der Waals surface area contributed by atoms with E-state index in [2.05, 4.69) is 0 Å². The lowest BCUT2D eigenvalue weighted by Crippen LogP contribution is -2.35. The van der Waals surface area contributed by atoms with Gasteiger partial charge in [-0.3, -0.25) is 14.4 Å². The molecule has 0 atom stereocenters. The van der Waals surface area contributed by atoms with Gasteiger partial charge in [-0.1, -0.05) is 42.5 Å². The van der Waals surface area contributed by atoms with Gasteiger partial charge < -0.3 is 0 Å². The van der Waals surface area contributed by atoms with E-state index in [0.717, 1.165) is 16.9 Å². The molecule has 2 aromatic rings. The molecule has 0 spiro atoms. The van der Waals surface area contributed by atoms with E-state index < -0.39 is 17.7 Å². The van der Waals surface area contributed by atoms with Crippen molar-refractivity contribution in [3.8, 4) is 0 Å². The predicted octanol–water partition coefficient (Wildman–Crippen LogP) is 2.83. The topological polar surface area (TPSA) is 54.5 Å². The third kappa shape index (κ3) is 2.55. The second-order valence-electron chi connectivity index (χ2n) is 5.22. The van der Waals surface area contributed by atoms with E-state index >= 15 is 0 Å². The fourth-order valence-corrected chi connectivity index (χ4v) is 2.62. The number of rotatable bonds is 4. The van der Waals surface area contributed by atoms with Crippen molar-refractivity contribution in [2.45, 2.75) is 19.3 Å². The molecule has 1 aliphatic rings. The minimum Gasteiger partial charge on any atom is -0.274 e. The van der Waals surface area contributed by atoms with E-state index in [0.29, 0.717) is 17.5 Å². The molecule has 0 aromatic heterocycles. The number of fused-ring (bicyclic) bond motifs is 1. The average Bonchev–Trinajstić information content (AvgIpc) is 2.80. The molecule has 3 amide bonds. The van der Waals surface area contributed by atoms with Crippen molar-refractivity contribution >= 4 is 17.7 Å². The van der Waals surface area contributed by atoms with Crippen LogP contribution in [0.15, 0.2) is 54.6 Å². The first-order valence-corrected chi connectivity index (χ1v) is 7.23. The van der Waals surface area contributed by atoms with Crippen molar-refractivity contribution in [1.82, 2.24) is 4.90 Å². The summed E-state index contributed by atoms with van der Waals surface area (Å²) in [4.78, 5) is 37.3. The van der Waals surface area contributed by atoms with Gasteiger partial charge in [-0.05, 0) is 30.5 Å². The molecule has 4 nitrogen and oxygen atoms in total. The Labute approximate surface area is 128 Å². The van der Waals surface area contributed by atoms with Crippen LogP contribution in [0, 0.1) is 0 Å². The molecule has 0 fully saturated rings. The van der Waals surface area contributed by atoms with Crippen molar-refractivity contribution in [2.24, 2.45) is 0 Å². The van der Waals surface area contributed by atoms with Crippen LogP contribution < -0.4 is 0 Å². The lowest BCUT2D eigenvalue weighted by molar-refractivity contribution is -0.126. The van der Waals surface area contributed by atoms with Crippen LogP contribution in [-0.4, -0.2) is 22.6 Å². The summed E-state index contributed by atoms with van der Waals surface area (Å²) in [5, 5.41) is 0. The van der Waals surface area contributed by atoms with E-state index in [4.69, 9.17) is 0 Å². The van der Waals surface area contributed by atoms with Gasteiger partial charge in [-0.2, -0.15) is 0 Å². The first-order chi connectivity index (χ1) is 10.7. The third-order valence-electron chi connectivity index (χ3n) is 3.74. The number of amides is 3. The highest BCUT2D eigenvalue weighted by molar-refractivity contribution is 6.28. The van der Waals surface area contributed by atoms with Crippen molar-refractivity contribution in [3.63, 3.8) is 0 Å². The normalized spacial score (nSPS) is 13.4. The summed E-state index contributed by atoms with van der Waals surface area (Å²) in [7, 11) is 0. The number of carbonyl (C=O) groups is 3. The quantitative estimate of drug-likeness (QED) is 0.814. The van der Waals surface area contributed by atoms with Crippen molar-refractivity contribution in [2.75, 3.05) is 0 Å². The molecule has 1 aliphatic heterocycles. The second-order valence-corrected chi connectivity index (χ2v) is 5.22. The summed E-state index contributed by atoms with van der Waals surface area (Å²) in [5.74, 6) is -1.45. The highest BCUT2D eigenvalue weighted by Crippen LogP contribution is 2.23. The zero-order valence-corrected chi connectivity index (χ0v) is 12.0. The molecule has 3 rings (SSSR count). The highest BCUT2D eigenvalue weighted by atomic mass is 16.2. The third-order valence-corrected chi connectivity index (χ3v) is 3.74. The molecule has 0 saturated heterocycles. The number of benzene rings is 2. The molecule has 0 aliphatic carbocycles. The van der Waals surface area contributed by atoms with Gasteiger partial charge in [-0.15, -0.1) is 0 Å². The van der Waals surface area contributed by atoms with Gasteiger partial charge in [0.05, 0.1) is 11.1 Å². The number of aryl methyl sites for hydroxylation is 1. The van der Waals surface area contributed by atoms with Crippen LogP contribution in [0.3, 0.4) is 0 Å². The predicted molar refractivity (Wildman–Crippen MR) is 81.3 cm³/mol. The largest absolute Gasteiger partial charge is 0.274 e. The van der Waals surface area contributed by atoms with Crippen LogP contribution in [0.1, 0.15) is 39.1 Å². The molecule has 4 heteroatoms. The van der Waals surface area contributed by atoms with Crippen LogP contribution in [-0.2, 0) is 11.2 Å². The molecular formula is C18H15NO3. The zero-order chi connectivity index (χ0) is 15.5. The molecule has 0 unspecified atom stereocenters. The molecule has 110 valence electrons. The van der Waals surface area contributed by atoms with E-state index in [1.807, 2.05) is 30.3 Å². The SMILES string of the molecule is O=C(CCCc1ccccc1)N1C(=O)c2ccccc2C1=O.